The van der Waals surface area contributed by atoms with Crippen LogP contribution in [0.2, 0.25) is 0 Å². The molecule has 3 radical (unpaired) electrons. The molecule has 7 nitrogen and oxygen atoms in total. The molecule has 0 amide bonds. The molecule has 0 fully saturated rings. The minimum Gasteiger partial charge on any atom is -0.305 e. The molecule has 0 aliphatic heterocycles. The number of pyridine rings is 3. The standard InChI is InChI=1S/C21H22N.C17H12N.C11H8N.C9H5F2N2.C5H8O2.3Ir/c1-14(2)10-17-6-5-7-21-19(17)8-9-20(22-21)18-12-15(3)11-16(4)13-18;1-2-6-14(7-3-1)15-9-11-16(12-10-15)17-8-4-5-13-18-17;1-2-6-10(7-3-1)11-8-4-5-9-12-11;10-7-2-3-9(8(11)6-7)13-5-1-4-12-13;1-4(6)3-5(2)7;;;/h5-9,11-12,14H,10H2,1-4H3;1-11,13H;1-6,8-9H;1-2,4-6H;3H2,1-2H3;;;/q4*-1;;;;. The Morgan fingerprint density at radius 3 is 1.80 bits per heavy atom. The summed E-state index contributed by atoms with van der Waals surface area (Å²) in [4.78, 5) is 33.5. The van der Waals surface area contributed by atoms with Crippen LogP contribution in [0.1, 0.15) is 50.8 Å². The first-order chi connectivity index (χ1) is 34.8. The van der Waals surface area contributed by atoms with Crippen LogP contribution in [0, 0.1) is 55.7 Å². The number of rotatable bonds is 9. The molecule has 6 aromatic carbocycles. The predicted molar refractivity (Wildman–Crippen MR) is 285 cm³/mol. The van der Waals surface area contributed by atoms with Gasteiger partial charge in [0.05, 0.1) is 11.9 Å². The number of aromatic nitrogens is 5. The molecule has 75 heavy (non-hydrogen) atoms. The molecule has 0 bridgehead atoms. The van der Waals surface area contributed by atoms with Crippen LogP contribution in [0.4, 0.5) is 8.78 Å². The molecule has 0 saturated carbocycles. The molecule has 10 rings (SSSR count). The van der Waals surface area contributed by atoms with Gasteiger partial charge in [-0.2, -0.15) is 11.2 Å². The zero-order chi connectivity index (χ0) is 51.2. The molecule has 0 unspecified atom stereocenters. The van der Waals surface area contributed by atoms with Gasteiger partial charge in [0.2, 0.25) is 0 Å². The third-order valence-corrected chi connectivity index (χ3v) is 10.5. The van der Waals surface area contributed by atoms with Crippen molar-refractivity contribution in [3.63, 3.8) is 0 Å². The van der Waals surface area contributed by atoms with Crippen LogP contribution >= 0.6 is 0 Å². The van der Waals surface area contributed by atoms with Gasteiger partial charge in [0.25, 0.3) is 0 Å². The Bertz CT molecular complexity index is 3130. The zero-order valence-electron chi connectivity index (χ0n) is 42.3. The Labute approximate surface area is 480 Å². The number of fused-ring (bicyclic) bond motifs is 1. The number of nitrogens with zero attached hydrogens (tertiary/aromatic N) is 5. The minimum atomic E-state index is -0.677. The largest absolute Gasteiger partial charge is 0.305 e. The maximum absolute atomic E-state index is 13.1. The van der Waals surface area contributed by atoms with E-state index in [2.05, 4.69) is 134 Å². The van der Waals surface area contributed by atoms with Crippen molar-refractivity contribution >= 4 is 22.5 Å². The average Bonchev–Trinajstić information content (AvgIpc) is 3.93. The van der Waals surface area contributed by atoms with E-state index in [1.54, 1.807) is 24.7 Å². The van der Waals surface area contributed by atoms with Gasteiger partial charge in [-0.15, -0.1) is 113 Å². The third kappa shape index (κ3) is 20.6. The second-order valence-electron chi connectivity index (χ2n) is 17.1. The summed E-state index contributed by atoms with van der Waals surface area (Å²) in [7, 11) is 0. The number of carbonyl (C=O) groups is 2. The van der Waals surface area contributed by atoms with E-state index in [-0.39, 0.29) is 84.0 Å². The van der Waals surface area contributed by atoms with Crippen molar-refractivity contribution in [2.45, 2.75) is 54.4 Å². The fraction of sp³-hybridized carbons (Fsp3) is 0.143. The molecule has 389 valence electrons. The average molecular weight is 1530 g/mol. The molecule has 0 atom stereocenters. The molecule has 12 heteroatoms. The van der Waals surface area contributed by atoms with Crippen LogP contribution in [0.25, 0.3) is 61.5 Å². The Kier molecular flexibility index (Phi) is 27.3. The molecule has 0 aliphatic carbocycles. The third-order valence-electron chi connectivity index (χ3n) is 10.5. The van der Waals surface area contributed by atoms with E-state index in [0.29, 0.717) is 5.92 Å². The number of ketones is 2. The fourth-order valence-corrected chi connectivity index (χ4v) is 7.38. The van der Waals surface area contributed by atoms with E-state index < -0.39 is 11.6 Å². The van der Waals surface area contributed by atoms with Gasteiger partial charge in [-0.1, -0.05) is 118 Å². The van der Waals surface area contributed by atoms with Gasteiger partial charge in [0, 0.05) is 102 Å². The van der Waals surface area contributed by atoms with Crippen LogP contribution in [0.5, 0.6) is 0 Å². The summed E-state index contributed by atoms with van der Waals surface area (Å²) in [6, 6.07) is 66.9. The second kappa shape index (κ2) is 32.6. The second-order valence-corrected chi connectivity index (χ2v) is 17.1. The van der Waals surface area contributed by atoms with Crippen LogP contribution < -0.4 is 0 Å². The van der Waals surface area contributed by atoms with Gasteiger partial charge in [-0.05, 0) is 78.8 Å². The van der Waals surface area contributed by atoms with E-state index in [1.807, 2.05) is 84.9 Å². The molecule has 0 spiro atoms. The van der Waals surface area contributed by atoms with Crippen LogP contribution in [0.15, 0.2) is 195 Å². The number of carbonyl (C=O) groups excluding carboxylic acids is 2. The first-order valence-corrected chi connectivity index (χ1v) is 23.4. The Morgan fingerprint density at radius 1 is 0.600 bits per heavy atom. The number of benzene rings is 6. The molecular formula is C63H55F2Ir3N5O2-4. The molecule has 0 aliphatic rings. The fourth-order valence-electron chi connectivity index (χ4n) is 7.38. The van der Waals surface area contributed by atoms with Crippen molar-refractivity contribution in [3.05, 3.63) is 247 Å². The summed E-state index contributed by atoms with van der Waals surface area (Å²) in [5.74, 6) is -0.796. The van der Waals surface area contributed by atoms with Crippen molar-refractivity contribution in [1.82, 2.24) is 24.7 Å². The van der Waals surface area contributed by atoms with Crippen molar-refractivity contribution < 1.29 is 78.7 Å². The van der Waals surface area contributed by atoms with Crippen LogP contribution in [-0.4, -0.2) is 36.3 Å². The summed E-state index contributed by atoms with van der Waals surface area (Å²) >= 11 is 0. The van der Waals surface area contributed by atoms with Crippen molar-refractivity contribution in [2.24, 2.45) is 5.92 Å². The number of aryl methyl sites for hydroxylation is 2. The monoisotopic (exact) mass is 1530 g/mol. The van der Waals surface area contributed by atoms with Crippen molar-refractivity contribution in [1.29, 1.82) is 0 Å². The summed E-state index contributed by atoms with van der Waals surface area (Å²) < 4.78 is 26.9. The van der Waals surface area contributed by atoms with Gasteiger partial charge >= 0.3 is 0 Å². The number of hydrogen-bond acceptors (Lipinski definition) is 6. The summed E-state index contributed by atoms with van der Waals surface area (Å²) in [5, 5.41) is 5.07. The van der Waals surface area contributed by atoms with Gasteiger partial charge in [-0.3, -0.25) is 28.0 Å². The van der Waals surface area contributed by atoms with Gasteiger partial charge in [0.1, 0.15) is 11.6 Å². The maximum atomic E-state index is 13.1. The normalized spacial score (nSPS) is 9.88. The van der Waals surface area contributed by atoms with Crippen LogP contribution in [-0.2, 0) is 76.3 Å². The Balaban J connectivity index is 0.000000255. The minimum absolute atomic E-state index is 0. The van der Waals surface area contributed by atoms with Crippen molar-refractivity contribution in [2.75, 3.05) is 0 Å². The van der Waals surface area contributed by atoms with E-state index in [9.17, 15) is 18.4 Å². The van der Waals surface area contributed by atoms with Gasteiger partial charge in [0.15, 0.2) is 0 Å². The SMILES string of the molecule is CC(=O)CC(C)=O.Cc1[c-]c(-c2ccc3c(CC(C)C)cccc3n2)cc(C)c1.Fc1c[c-]c(-n2cccn2)c(F)c1.[Ir].[Ir].[Ir].[c-]1cc(-c2ccccc2)ccc1-c1ccccn1.[c-]1ccccc1-c1ccccn1. The summed E-state index contributed by atoms with van der Waals surface area (Å²) in [5.41, 5.74) is 13.4. The predicted octanol–water partition coefficient (Wildman–Crippen LogP) is 14.8. The number of hydrogen-bond donors (Lipinski definition) is 0. The van der Waals surface area contributed by atoms with Crippen LogP contribution in [0.3, 0.4) is 0 Å². The maximum Gasteiger partial charge on any atom is 0.137 e. The first kappa shape index (κ1) is 62.7. The van der Waals surface area contributed by atoms with E-state index in [1.165, 1.54) is 52.4 Å². The summed E-state index contributed by atoms with van der Waals surface area (Å²) in [6.07, 6.45) is 7.84. The number of halogens is 2. The number of Topliss-reactive ketones (excluding diaryl/α,β-unsaturated/α-hetero) is 2. The van der Waals surface area contributed by atoms with Gasteiger partial charge < -0.3 is 9.97 Å². The topological polar surface area (TPSA) is 90.6 Å². The van der Waals surface area contributed by atoms with Gasteiger partial charge in [-0.25, -0.2) is 0 Å². The Hall–Kier alpha value is -6.61. The van der Waals surface area contributed by atoms with E-state index >= 15 is 0 Å². The zero-order valence-corrected chi connectivity index (χ0v) is 49.5. The Morgan fingerprint density at radius 2 is 1.27 bits per heavy atom. The molecular weight excluding hydrogens is 1470 g/mol. The molecule has 4 heterocycles. The molecule has 10 aromatic rings. The molecule has 0 N–H and O–H groups in total. The smallest absolute Gasteiger partial charge is 0.137 e. The molecule has 4 aromatic heterocycles. The first-order valence-electron chi connectivity index (χ1n) is 23.4. The molecule has 0 saturated heterocycles. The quantitative estimate of drug-likeness (QED) is 0.106. The van der Waals surface area contributed by atoms with Crippen molar-refractivity contribution in [3.8, 4) is 50.6 Å². The summed E-state index contributed by atoms with van der Waals surface area (Å²) in [6.45, 7) is 11.5. The van der Waals surface area contributed by atoms with E-state index in [4.69, 9.17) is 4.98 Å². The van der Waals surface area contributed by atoms with E-state index in [0.717, 1.165) is 63.4 Å².